The van der Waals surface area contributed by atoms with Crippen LogP contribution < -0.4 is 10.6 Å². The number of hydrogen-bond donors (Lipinski definition) is 2. The summed E-state index contributed by atoms with van der Waals surface area (Å²) in [7, 11) is 0. The van der Waals surface area contributed by atoms with E-state index in [1.54, 1.807) is 11.3 Å². The van der Waals surface area contributed by atoms with Gasteiger partial charge in [-0.05, 0) is 65.7 Å². The minimum atomic E-state index is -0.107. The van der Waals surface area contributed by atoms with Crippen LogP contribution in [0.5, 0.6) is 0 Å². The van der Waals surface area contributed by atoms with Crippen molar-refractivity contribution >= 4 is 54.9 Å². The molecular weight excluding hydrogens is 424 g/mol. The van der Waals surface area contributed by atoms with Crippen LogP contribution in [0.4, 0.5) is 11.5 Å². The fourth-order valence-electron chi connectivity index (χ4n) is 3.50. The lowest BCUT2D eigenvalue weighted by atomic mass is 9.89. The van der Waals surface area contributed by atoms with Gasteiger partial charge in [0.05, 0.1) is 17.6 Å². The Kier molecular flexibility index (Phi) is 5.14. The lowest BCUT2D eigenvalue weighted by Gasteiger charge is -2.18. The van der Waals surface area contributed by atoms with E-state index >= 15 is 0 Å². The Morgan fingerprint density at radius 1 is 1.33 bits per heavy atom. The van der Waals surface area contributed by atoms with Gasteiger partial charge in [0.25, 0.3) is 0 Å². The Bertz CT molecular complexity index is 1020. The smallest absolute Gasteiger partial charge is 0.243 e. The van der Waals surface area contributed by atoms with E-state index in [1.807, 2.05) is 31.2 Å². The number of thiophene rings is 1. The Balaban J connectivity index is 1.57. The first kappa shape index (κ1) is 18.4. The molecule has 2 aromatic heterocycles. The van der Waals surface area contributed by atoms with Crippen LogP contribution in [0, 0.1) is 12.8 Å². The van der Waals surface area contributed by atoms with Gasteiger partial charge in [-0.15, -0.1) is 11.3 Å². The lowest BCUT2D eigenvalue weighted by molar-refractivity contribution is -0.114. The predicted octanol–water partition coefficient (Wildman–Crippen LogP) is 4.94. The molecule has 0 radical (unpaired) electrons. The molecule has 1 amide bonds. The van der Waals surface area contributed by atoms with Gasteiger partial charge < -0.3 is 10.6 Å². The summed E-state index contributed by atoms with van der Waals surface area (Å²) < 4.78 is 0.861. The van der Waals surface area contributed by atoms with Crippen LogP contribution in [0.3, 0.4) is 0 Å². The Hall–Kier alpha value is -1.99. The first-order chi connectivity index (χ1) is 13.0. The molecule has 3 aromatic rings. The number of amides is 1. The summed E-state index contributed by atoms with van der Waals surface area (Å²) in [5.74, 6) is 2.10. The summed E-state index contributed by atoms with van der Waals surface area (Å²) in [6.45, 7) is 4.36. The van der Waals surface area contributed by atoms with Crippen molar-refractivity contribution in [2.75, 3.05) is 17.2 Å². The van der Waals surface area contributed by atoms with Crippen molar-refractivity contribution in [2.24, 2.45) is 5.92 Å². The third-order valence-electron chi connectivity index (χ3n) is 4.83. The number of aryl methyl sites for hydroxylation is 2. The number of nitrogens with one attached hydrogen (secondary N) is 2. The maximum atomic E-state index is 12.4. The molecule has 1 atom stereocenters. The number of fused-ring (bicyclic) bond motifs is 3. The number of carbonyl (C=O) groups excluding carboxylic acids is 1. The molecule has 1 aliphatic rings. The van der Waals surface area contributed by atoms with Gasteiger partial charge in [-0.25, -0.2) is 9.97 Å². The van der Waals surface area contributed by atoms with Crippen LogP contribution in [-0.2, 0) is 17.6 Å². The van der Waals surface area contributed by atoms with E-state index in [9.17, 15) is 4.79 Å². The van der Waals surface area contributed by atoms with E-state index in [-0.39, 0.29) is 12.5 Å². The quantitative estimate of drug-likeness (QED) is 0.597. The van der Waals surface area contributed by atoms with Gasteiger partial charge in [0.2, 0.25) is 5.91 Å². The molecule has 1 unspecified atom stereocenters. The second-order valence-electron chi connectivity index (χ2n) is 7.03. The predicted molar refractivity (Wildman–Crippen MR) is 115 cm³/mol. The maximum Gasteiger partial charge on any atom is 0.243 e. The van der Waals surface area contributed by atoms with E-state index in [2.05, 4.69) is 43.5 Å². The molecule has 7 heteroatoms. The van der Waals surface area contributed by atoms with Gasteiger partial charge in [0.15, 0.2) is 0 Å². The van der Waals surface area contributed by atoms with Crippen LogP contribution in [0.15, 0.2) is 28.7 Å². The van der Waals surface area contributed by atoms with Crippen LogP contribution >= 0.6 is 27.3 Å². The third kappa shape index (κ3) is 3.84. The highest BCUT2D eigenvalue weighted by Gasteiger charge is 2.23. The number of carbonyl (C=O) groups is 1. The second-order valence-corrected chi connectivity index (χ2v) is 8.97. The molecule has 4 rings (SSSR count). The molecule has 1 aromatic carbocycles. The number of nitrogens with zero attached hydrogens (tertiary/aromatic N) is 2. The summed E-state index contributed by atoms with van der Waals surface area (Å²) in [5, 5.41) is 7.26. The van der Waals surface area contributed by atoms with Crippen molar-refractivity contribution < 1.29 is 4.79 Å². The number of aromatic nitrogens is 2. The SMILES string of the molecule is Cc1nc(NCC(=O)Nc2ccccc2Br)c2c3c(sc2n1)CC(C)CC3. The van der Waals surface area contributed by atoms with E-state index in [4.69, 9.17) is 0 Å². The van der Waals surface area contributed by atoms with Gasteiger partial charge in [-0.2, -0.15) is 0 Å². The van der Waals surface area contributed by atoms with Crippen molar-refractivity contribution in [3.63, 3.8) is 0 Å². The molecule has 0 saturated carbocycles. The fraction of sp³-hybridized carbons (Fsp3) is 0.350. The number of hydrogen-bond acceptors (Lipinski definition) is 5. The van der Waals surface area contributed by atoms with Crippen molar-refractivity contribution in [3.05, 3.63) is 45.0 Å². The summed E-state index contributed by atoms with van der Waals surface area (Å²) in [5.41, 5.74) is 2.12. The third-order valence-corrected chi connectivity index (χ3v) is 6.67. The van der Waals surface area contributed by atoms with Crippen molar-refractivity contribution in [1.29, 1.82) is 0 Å². The molecule has 0 spiro atoms. The molecule has 1 aliphatic carbocycles. The minimum absolute atomic E-state index is 0.107. The molecule has 140 valence electrons. The zero-order valence-corrected chi connectivity index (χ0v) is 17.7. The second kappa shape index (κ2) is 7.56. The molecule has 0 saturated heterocycles. The van der Waals surface area contributed by atoms with Gasteiger partial charge >= 0.3 is 0 Å². The lowest BCUT2D eigenvalue weighted by Crippen LogP contribution is -2.22. The fourth-order valence-corrected chi connectivity index (χ4v) is 5.31. The molecule has 5 nitrogen and oxygen atoms in total. The van der Waals surface area contributed by atoms with Gasteiger partial charge in [-0.3, -0.25) is 4.79 Å². The van der Waals surface area contributed by atoms with Crippen LogP contribution in [0.1, 0.15) is 29.6 Å². The first-order valence-corrected chi connectivity index (χ1v) is 10.7. The zero-order chi connectivity index (χ0) is 19.0. The molecule has 0 fully saturated rings. The highest BCUT2D eigenvalue weighted by Crippen LogP contribution is 2.39. The normalized spacial score (nSPS) is 16.2. The number of benzene rings is 1. The topological polar surface area (TPSA) is 66.9 Å². The van der Waals surface area contributed by atoms with Crippen LogP contribution in [0.25, 0.3) is 10.2 Å². The Labute approximate surface area is 170 Å². The first-order valence-electron chi connectivity index (χ1n) is 9.08. The highest BCUT2D eigenvalue weighted by molar-refractivity contribution is 9.10. The van der Waals surface area contributed by atoms with Gasteiger partial charge in [0.1, 0.15) is 16.5 Å². The minimum Gasteiger partial charge on any atom is -0.360 e. The Morgan fingerprint density at radius 2 is 2.15 bits per heavy atom. The van der Waals surface area contributed by atoms with Gasteiger partial charge in [-0.1, -0.05) is 19.1 Å². The van der Waals surface area contributed by atoms with Crippen LogP contribution in [0.2, 0.25) is 0 Å². The summed E-state index contributed by atoms with van der Waals surface area (Å²) >= 11 is 5.22. The van der Waals surface area contributed by atoms with E-state index < -0.39 is 0 Å². The molecule has 2 N–H and O–H groups in total. The molecule has 27 heavy (non-hydrogen) atoms. The van der Waals surface area contributed by atoms with Crippen molar-refractivity contribution in [1.82, 2.24) is 9.97 Å². The van der Waals surface area contributed by atoms with E-state index in [0.29, 0.717) is 5.92 Å². The monoisotopic (exact) mass is 444 g/mol. The maximum absolute atomic E-state index is 12.4. The van der Waals surface area contributed by atoms with E-state index in [1.165, 1.54) is 16.9 Å². The average Bonchev–Trinajstić information content (AvgIpc) is 2.98. The number of para-hydroxylation sites is 1. The molecule has 2 heterocycles. The standard InChI is InChI=1S/C20H21BrN4OS/c1-11-7-8-13-16(9-11)27-20-18(13)19(23-12(2)24-20)22-10-17(26)25-15-6-4-3-5-14(15)21/h3-6,11H,7-10H2,1-2H3,(H,25,26)(H,22,23,24). The number of anilines is 2. The number of halogens is 1. The molecule has 0 aliphatic heterocycles. The molecule has 0 bridgehead atoms. The van der Waals surface area contributed by atoms with Gasteiger partial charge in [0, 0.05) is 9.35 Å². The molecular formula is C20H21BrN4OS. The van der Waals surface area contributed by atoms with E-state index in [0.717, 1.165) is 44.9 Å². The summed E-state index contributed by atoms with van der Waals surface area (Å²) in [6.07, 6.45) is 3.35. The summed E-state index contributed by atoms with van der Waals surface area (Å²) in [4.78, 5) is 24.1. The summed E-state index contributed by atoms with van der Waals surface area (Å²) in [6, 6.07) is 7.58. The largest absolute Gasteiger partial charge is 0.360 e. The Morgan fingerprint density at radius 3 is 2.96 bits per heavy atom. The van der Waals surface area contributed by atoms with Crippen molar-refractivity contribution in [2.45, 2.75) is 33.1 Å². The number of rotatable bonds is 4. The zero-order valence-electron chi connectivity index (χ0n) is 15.3. The average molecular weight is 445 g/mol. The van der Waals surface area contributed by atoms with Crippen LogP contribution in [-0.4, -0.2) is 22.4 Å². The van der Waals surface area contributed by atoms with Crippen molar-refractivity contribution in [3.8, 4) is 0 Å². The highest BCUT2D eigenvalue weighted by atomic mass is 79.9.